The van der Waals surface area contributed by atoms with Crippen molar-refractivity contribution in [1.29, 1.82) is 0 Å². The van der Waals surface area contributed by atoms with E-state index in [2.05, 4.69) is 0 Å². The number of halogens is 1. The molecule has 0 atom stereocenters. The quantitative estimate of drug-likeness (QED) is 0.856. The molecule has 1 saturated heterocycles. The average molecular weight is 348 g/mol. The van der Waals surface area contributed by atoms with Crippen LogP contribution in [0.4, 0.5) is 10.1 Å². The van der Waals surface area contributed by atoms with Crippen LogP contribution in [0.3, 0.4) is 0 Å². The molecule has 6 heteroatoms. The summed E-state index contributed by atoms with van der Waals surface area (Å²) < 4.78 is 40.9. The number of sulfonamides is 1. The van der Waals surface area contributed by atoms with Gasteiger partial charge in [0.25, 0.3) is 0 Å². The zero-order chi connectivity index (χ0) is 17.3. The number of hydrogen-bond donors (Lipinski definition) is 0. The summed E-state index contributed by atoms with van der Waals surface area (Å²) in [5, 5.41) is 0. The Morgan fingerprint density at radius 2 is 1.58 bits per heavy atom. The van der Waals surface area contributed by atoms with Crippen LogP contribution in [0.2, 0.25) is 0 Å². The van der Waals surface area contributed by atoms with Gasteiger partial charge < -0.3 is 4.90 Å². The molecule has 4 nitrogen and oxygen atoms in total. The Hall–Kier alpha value is -1.92. The lowest BCUT2D eigenvalue weighted by Crippen LogP contribution is -2.48. The second-order valence-electron chi connectivity index (χ2n) is 6.09. The molecule has 0 saturated carbocycles. The molecule has 0 aromatic heterocycles. The first-order chi connectivity index (χ1) is 11.4. The van der Waals surface area contributed by atoms with Crippen molar-refractivity contribution in [3.63, 3.8) is 0 Å². The number of nitrogens with zero attached hydrogens (tertiary/aromatic N) is 2. The van der Waals surface area contributed by atoms with E-state index in [1.807, 2.05) is 24.8 Å². The third kappa shape index (κ3) is 3.16. The van der Waals surface area contributed by atoms with E-state index < -0.39 is 10.0 Å². The minimum absolute atomic E-state index is 0.275. The van der Waals surface area contributed by atoms with Gasteiger partial charge in [-0.25, -0.2) is 12.8 Å². The van der Waals surface area contributed by atoms with Crippen LogP contribution in [-0.2, 0) is 10.0 Å². The van der Waals surface area contributed by atoms with E-state index in [0.29, 0.717) is 36.8 Å². The van der Waals surface area contributed by atoms with Crippen molar-refractivity contribution in [2.24, 2.45) is 0 Å². The fourth-order valence-corrected chi connectivity index (χ4v) is 4.41. The first kappa shape index (κ1) is 16.9. The van der Waals surface area contributed by atoms with Crippen LogP contribution in [0.25, 0.3) is 0 Å². The highest BCUT2D eigenvalue weighted by Gasteiger charge is 2.29. The third-order valence-corrected chi connectivity index (χ3v) is 6.44. The van der Waals surface area contributed by atoms with Gasteiger partial charge >= 0.3 is 0 Å². The van der Waals surface area contributed by atoms with Gasteiger partial charge in [0.2, 0.25) is 10.0 Å². The normalized spacial score (nSPS) is 16.4. The number of hydrogen-bond acceptors (Lipinski definition) is 3. The Morgan fingerprint density at radius 3 is 2.21 bits per heavy atom. The van der Waals surface area contributed by atoms with Crippen molar-refractivity contribution < 1.29 is 12.8 Å². The van der Waals surface area contributed by atoms with E-state index in [4.69, 9.17) is 0 Å². The monoisotopic (exact) mass is 348 g/mol. The van der Waals surface area contributed by atoms with Gasteiger partial charge in [-0.15, -0.1) is 0 Å². The Kier molecular flexibility index (Phi) is 4.60. The van der Waals surface area contributed by atoms with Crippen LogP contribution in [0.15, 0.2) is 47.4 Å². The number of piperazine rings is 1. The smallest absolute Gasteiger partial charge is 0.243 e. The minimum atomic E-state index is -3.50. The Balaban J connectivity index is 1.76. The van der Waals surface area contributed by atoms with E-state index in [1.54, 1.807) is 30.3 Å². The summed E-state index contributed by atoms with van der Waals surface area (Å²) >= 11 is 0. The van der Waals surface area contributed by atoms with E-state index in [-0.39, 0.29) is 5.82 Å². The Morgan fingerprint density at radius 1 is 0.917 bits per heavy atom. The molecule has 0 unspecified atom stereocenters. The lowest BCUT2D eigenvalue weighted by atomic mass is 10.1. The summed E-state index contributed by atoms with van der Waals surface area (Å²) in [5.41, 5.74) is 2.56. The summed E-state index contributed by atoms with van der Waals surface area (Å²) in [7, 11) is -3.50. The molecule has 0 bridgehead atoms. The van der Waals surface area contributed by atoms with Crippen LogP contribution in [-0.4, -0.2) is 38.9 Å². The zero-order valence-corrected chi connectivity index (χ0v) is 14.7. The van der Waals surface area contributed by atoms with Gasteiger partial charge in [0, 0.05) is 26.2 Å². The standard InChI is InChI=1S/C18H21FN2O2S/c1-14-7-8-16(13-15(14)2)24(22,23)21-11-9-20(10-12-21)18-6-4-3-5-17(18)19/h3-8,13H,9-12H2,1-2H3. The third-order valence-electron chi connectivity index (χ3n) is 4.55. The first-order valence-electron chi connectivity index (χ1n) is 7.96. The summed E-state index contributed by atoms with van der Waals surface area (Å²) in [6.07, 6.45) is 0. The Labute approximate surface area is 142 Å². The molecule has 1 aliphatic heterocycles. The van der Waals surface area contributed by atoms with Gasteiger partial charge in [0.15, 0.2) is 0 Å². The average Bonchev–Trinajstić information content (AvgIpc) is 2.58. The molecule has 2 aromatic rings. The number of anilines is 1. The number of para-hydroxylation sites is 1. The molecular formula is C18H21FN2O2S. The minimum Gasteiger partial charge on any atom is -0.367 e. The highest BCUT2D eigenvalue weighted by Crippen LogP contribution is 2.24. The second-order valence-corrected chi connectivity index (χ2v) is 8.03. The van der Waals surface area contributed by atoms with Crippen molar-refractivity contribution in [1.82, 2.24) is 4.31 Å². The van der Waals surface area contributed by atoms with Crippen LogP contribution >= 0.6 is 0 Å². The summed E-state index contributed by atoms with van der Waals surface area (Å²) in [6.45, 7) is 5.52. The van der Waals surface area contributed by atoms with Gasteiger partial charge in [0.1, 0.15) is 5.82 Å². The summed E-state index contributed by atoms with van der Waals surface area (Å²) in [6, 6.07) is 11.8. The molecule has 1 aliphatic rings. The predicted molar refractivity (Wildman–Crippen MR) is 93.3 cm³/mol. The van der Waals surface area contributed by atoms with Gasteiger partial charge in [0.05, 0.1) is 10.6 Å². The topological polar surface area (TPSA) is 40.6 Å². The van der Waals surface area contributed by atoms with Crippen molar-refractivity contribution in [3.8, 4) is 0 Å². The van der Waals surface area contributed by atoms with Crippen LogP contribution < -0.4 is 4.90 Å². The molecule has 3 rings (SSSR count). The predicted octanol–water partition coefficient (Wildman–Crippen LogP) is 2.95. The maximum absolute atomic E-state index is 13.9. The van der Waals surface area contributed by atoms with Crippen LogP contribution in [0, 0.1) is 19.7 Å². The molecule has 2 aromatic carbocycles. The molecule has 1 fully saturated rings. The number of rotatable bonds is 3. The molecule has 24 heavy (non-hydrogen) atoms. The van der Waals surface area contributed by atoms with E-state index in [9.17, 15) is 12.8 Å². The Bertz CT molecular complexity index is 844. The lowest BCUT2D eigenvalue weighted by molar-refractivity contribution is 0.383. The summed E-state index contributed by atoms with van der Waals surface area (Å²) in [5.74, 6) is -0.275. The van der Waals surface area contributed by atoms with Gasteiger partial charge in [-0.3, -0.25) is 0 Å². The lowest BCUT2D eigenvalue weighted by Gasteiger charge is -2.35. The largest absolute Gasteiger partial charge is 0.367 e. The van der Waals surface area contributed by atoms with Gasteiger partial charge in [-0.1, -0.05) is 18.2 Å². The van der Waals surface area contributed by atoms with Crippen molar-refractivity contribution in [3.05, 3.63) is 59.4 Å². The summed E-state index contributed by atoms with van der Waals surface area (Å²) in [4.78, 5) is 2.21. The number of benzene rings is 2. The maximum atomic E-state index is 13.9. The molecular weight excluding hydrogens is 327 g/mol. The maximum Gasteiger partial charge on any atom is 0.243 e. The fraction of sp³-hybridized carbons (Fsp3) is 0.333. The van der Waals surface area contributed by atoms with Crippen LogP contribution in [0.1, 0.15) is 11.1 Å². The van der Waals surface area contributed by atoms with Gasteiger partial charge in [-0.2, -0.15) is 4.31 Å². The first-order valence-corrected chi connectivity index (χ1v) is 9.40. The van der Waals surface area contributed by atoms with Crippen molar-refractivity contribution in [2.45, 2.75) is 18.7 Å². The van der Waals surface area contributed by atoms with Crippen molar-refractivity contribution in [2.75, 3.05) is 31.1 Å². The van der Waals surface area contributed by atoms with E-state index in [0.717, 1.165) is 11.1 Å². The molecule has 128 valence electrons. The number of aryl methyl sites for hydroxylation is 2. The second kappa shape index (κ2) is 6.53. The fourth-order valence-electron chi connectivity index (χ4n) is 2.90. The van der Waals surface area contributed by atoms with Gasteiger partial charge in [-0.05, 0) is 49.2 Å². The van der Waals surface area contributed by atoms with Crippen LogP contribution in [0.5, 0.6) is 0 Å². The highest BCUT2D eigenvalue weighted by molar-refractivity contribution is 7.89. The molecule has 0 spiro atoms. The van der Waals surface area contributed by atoms with Crippen molar-refractivity contribution >= 4 is 15.7 Å². The molecule has 1 heterocycles. The van der Waals surface area contributed by atoms with E-state index >= 15 is 0 Å². The molecule has 0 amide bonds. The molecule has 0 radical (unpaired) electrons. The molecule has 0 N–H and O–H groups in total. The highest BCUT2D eigenvalue weighted by atomic mass is 32.2. The van der Waals surface area contributed by atoms with E-state index in [1.165, 1.54) is 10.4 Å². The zero-order valence-electron chi connectivity index (χ0n) is 13.9. The molecule has 0 aliphatic carbocycles. The SMILES string of the molecule is Cc1ccc(S(=O)(=O)N2CCN(c3ccccc3F)CC2)cc1C.